The van der Waals surface area contributed by atoms with Crippen molar-refractivity contribution in [1.29, 1.82) is 0 Å². The number of nitrogens with one attached hydrogen (secondary N) is 2. The molecule has 0 fully saturated rings. The monoisotopic (exact) mass is 316 g/mol. The number of aryl methyl sites for hydroxylation is 1. The normalized spacial score (nSPS) is 9.95. The van der Waals surface area contributed by atoms with E-state index in [1.54, 1.807) is 14.2 Å². The van der Waals surface area contributed by atoms with Gasteiger partial charge in [0.25, 0.3) is 0 Å². The molecule has 0 heterocycles. The zero-order chi connectivity index (χ0) is 15.9. The molecular formula is C17H20N2O2S. The Hall–Kier alpha value is -2.27. The fourth-order valence-corrected chi connectivity index (χ4v) is 2.29. The number of methoxy groups -OCH3 is 2. The van der Waals surface area contributed by atoms with E-state index in [4.69, 9.17) is 21.7 Å². The Morgan fingerprint density at radius 2 is 1.77 bits per heavy atom. The van der Waals surface area contributed by atoms with Crippen LogP contribution in [0.15, 0.2) is 42.5 Å². The van der Waals surface area contributed by atoms with Crippen molar-refractivity contribution < 1.29 is 9.47 Å². The van der Waals surface area contributed by atoms with Crippen LogP contribution in [0.1, 0.15) is 11.1 Å². The van der Waals surface area contributed by atoms with E-state index in [2.05, 4.69) is 10.6 Å². The van der Waals surface area contributed by atoms with E-state index in [9.17, 15) is 0 Å². The van der Waals surface area contributed by atoms with E-state index in [-0.39, 0.29) is 0 Å². The number of rotatable bonds is 5. The first kappa shape index (κ1) is 16.1. The Morgan fingerprint density at radius 1 is 1.05 bits per heavy atom. The molecule has 4 nitrogen and oxygen atoms in total. The molecule has 0 radical (unpaired) electrons. The van der Waals surface area contributed by atoms with Crippen LogP contribution in [-0.2, 0) is 6.54 Å². The third kappa shape index (κ3) is 4.11. The molecule has 0 aliphatic rings. The fraction of sp³-hybridized carbons (Fsp3) is 0.235. The van der Waals surface area contributed by atoms with Crippen molar-refractivity contribution in [2.24, 2.45) is 0 Å². The van der Waals surface area contributed by atoms with Crippen molar-refractivity contribution in [3.8, 4) is 11.5 Å². The number of para-hydroxylation sites is 1. The van der Waals surface area contributed by atoms with Gasteiger partial charge in [0.2, 0.25) is 0 Å². The highest BCUT2D eigenvalue weighted by Gasteiger charge is 2.06. The Bertz CT molecular complexity index is 659. The van der Waals surface area contributed by atoms with Gasteiger partial charge in [-0.2, -0.15) is 0 Å². The molecule has 22 heavy (non-hydrogen) atoms. The Labute approximate surface area is 136 Å². The van der Waals surface area contributed by atoms with Gasteiger partial charge in [0.1, 0.15) is 11.5 Å². The molecule has 0 saturated carbocycles. The number of hydrogen-bond donors (Lipinski definition) is 2. The minimum atomic E-state index is 0.537. The Kier molecular flexibility index (Phi) is 5.61. The van der Waals surface area contributed by atoms with E-state index in [0.29, 0.717) is 11.7 Å². The van der Waals surface area contributed by atoms with Crippen LogP contribution >= 0.6 is 12.2 Å². The maximum absolute atomic E-state index is 5.35. The van der Waals surface area contributed by atoms with E-state index in [0.717, 1.165) is 28.3 Å². The molecule has 2 aromatic carbocycles. The van der Waals surface area contributed by atoms with Gasteiger partial charge in [-0.25, -0.2) is 0 Å². The van der Waals surface area contributed by atoms with Crippen LogP contribution in [0, 0.1) is 6.92 Å². The maximum atomic E-state index is 5.35. The van der Waals surface area contributed by atoms with Crippen molar-refractivity contribution in [2.45, 2.75) is 13.5 Å². The van der Waals surface area contributed by atoms with Crippen LogP contribution in [0.5, 0.6) is 11.5 Å². The summed E-state index contributed by atoms with van der Waals surface area (Å²) in [4.78, 5) is 0. The predicted molar refractivity (Wildman–Crippen MR) is 93.8 cm³/mol. The first-order valence-corrected chi connectivity index (χ1v) is 7.36. The average Bonchev–Trinajstić information content (AvgIpc) is 2.53. The summed E-state index contributed by atoms with van der Waals surface area (Å²) in [6, 6.07) is 13.8. The molecule has 0 aliphatic heterocycles. The van der Waals surface area contributed by atoms with Crippen molar-refractivity contribution in [1.82, 2.24) is 5.32 Å². The third-order valence-corrected chi connectivity index (χ3v) is 3.48. The summed E-state index contributed by atoms with van der Waals surface area (Å²) in [5, 5.41) is 6.88. The molecule has 0 bridgehead atoms. The number of anilines is 1. The van der Waals surface area contributed by atoms with Gasteiger partial charge in [-0.3, -0.25) is 0 Å². The summed E-state index contributed by atoms with van der Waals surface area (Å²) in [5.74, 6) is 1.60. The topological polar surface area (TPSA) is 42.5 Å². The zero-order valence-electron chi connectivity index (χ0n) is 13.0. The number of hydrogen-bond acceptors (Lipinski definition) is 3. The molecule has 116 valence electrons. The summed E-state index contributed by atoms with van der Waals surface area (Å²) in [6.45, 7) is 2.61. The summed E-state index contributed by atoms with van der Waals surface area (Å²) in [7, 11) is 3.30. The maximum Gasteiger partial charge on any atom is 0.171 e. The van der Waals surface area contributed by atoms with Crippen molar-refractivity contribution in [2.75, 3.05) is 19.5 Å². The van der Waals surface area contributed by atoms with Gasteiger partial charge in [-0.15, -0.1) is 0 Å². The minimum Gasteiger partial charge on any atom is -0.496 e. The lowest BCUT2D eigenvalue weighted by atomic mass is 10.2. The summed E-state index contributed by atoms with van der Waals surface area (Å²) >= 11 is 5.35. The minimum absolute atomic E-state index is 0.537. The molecule has 0 aromatic heterocycles. The van der Waals surface area contributed by atoms with Crippen LogP contribution in [0.4, 0.5) is 5.69 Å². The van der Waals surface area contributed by atoms with Gasteiger partial charge >= 0.3 is 0 Å². The quantitative estimate of drug-likeness (QED) is 0.827. The second-order valence-corrected chi connectivity index (χ2v) is 5.23. The molecule has 0 unspecified atom stereocenters. The molecule has 2 aromatic rings. The molecule has 5 heteroatoms. The van der Waals surface area contributed by atoms with Crippen LogP contribution in [0.2, 0.25) is 0 Å². The van der Waals surface area contributed by atoms with Crippen LogP contribution in [0.3, 0.4) is 0 Å². The largest absolute Gasteiger partial charge is 0.496 e. The molecular weight excluding hydrogens is 296 g/mol. The molecule has 0 spiro atoms. The summed E-state index contributed by atoms with van der Waals surface area (Å²) in [6.07, 6.45) is 0. The second kappa shape index (κ2) is 7.66. The second-order valence-electron chi connectivity index (χ2n) is 4.82. The highest BCUT2D eigenvalue weighted by atomic mass is 32.1. The van der Waals surface area contributed by atoms with Gasteiger partial charge in [0, 0.05) is 12.1 Å². The lowest BCUT2D eigenvalue weighted by Crippen LogP contribution is -2.28. The first-order chi connectivity index (χ1) is 10.6. The smallest absolute Gasteiger partial charge is 0.171 e. The van der Waals surface area contributed by atoms with Crippen molar-refractivity contribution in [3.05, 3.63) is 53.6 Å². The molecule has 0 amide bonds. The molecule has 0 saturated heterocycles. The summed E-state index contributed by atoms with van der Waals surface area (Å²) in [5.41, 5.74) is 3.03. The van der Waals surface area contributed by atoms with Crippen molar-refractivity contribution >= 4 is 23.0 Å². The van der Waals surface area contributed by atoms with Crippen LogP contribution in [-0.4, -0.2) is 19.3 Å². The van der Waals surface area contributed by atoms with E-state index < -0.39 is 0 Å². The highest BCUT2D eigenvalue weighted by Crippen LogP contribution is 2.25. The molecule has 2 N–H and O–H groups in total. The Morgan fingerprint density at radius 3 is 2.50 bits per heavy atom. The van der Waals surface area contributed by atoms with Gasteiger partial charge in [-0.05, 0) is 42.9 Å². The lowest BCUT2D eigenvalue weighted by Gasteiger charge is -2.15. The average molecular weight is 316 g/mol. The van der Waals surface area contributed by atoms with Crippen molar-refractivity contribution in [3.63, 3.8) is 0 Å². The summed E-state index contributed by atoms with van der Waals surface area (Å²) < 4.78 is 10.7. The standard InChI is InChI=1S/C17H20N2O2S/c1-12-8-9-16(21-3)14(10-12)19-17(22)18-11-13-6-4-5-7-15(13)20-2/h4-10H,11H2,1-3H3,(H2,18,19,22). The van der Waals surface area contributed by atoms with E-state index >= 15 is 0 Å². The number of benzene rings is 2. The van der Waals surface area contributed by atoms with Gasteiger partial charge < -0.3 is 20.1 Å². The van der Waals surface area contributed by atoms with Gasteiger partial charge in [0.05, 0.1) is 19.9 Å². The van der Waals surface area contributed by atoms with Gasteiger partial charge in [-0.1, -0.05) is 24.3 Å². The fourth-order valence-electron chi connectivity index (χ4n) is 2.11. The molecule has 2 rings (SSSR count). The predicted octanol–water partition coefficient (Wildman–Crippen LogP) is 3.50. The first-order valence-electron chi connectivity index (χ1n) is 6.95. The Balaban J connectivity index is 2.00. The zero-order valence-corrected chi connectivity index (χ0v) is 13.8. The lowest BCUT2D eigenvalue weighted by molar-refractivity contribution is 0.409. The SMILES string of the molecule is COc1ccccc1CNC(=S)Nc1cc(C)ccc1OC. The highest BCUT2D eigenvalue weighted by molar-refractivity contribution is 7.80. The molecule has 0 aliphatic carbocycles. The molecule has 0 atom stereocenters. The number of ether oxygens (including phenoxy) is 2. The van der Waals surface area contributed by atoms with Gasteiger partial charge in [0.15, 0.2) is 5.11 Å². The van der Waals surface area contributed by atoms with E-state index in [1.165, 1.54) is 0 Å². The van der Waals surface area contributed by atoms with E-state index in [1.807, 2.05) is 49.4 Å². The van der Waals surface area contributed by atoms with Crippen LogP contribution in [0.25, 0.3) is 0 Å². The van der Waals surface area contributed by atoms with Crippen LogP contribution < -0.4 is 20.1 Å². The third-order valence-electron chi connectivity index (χ3n) is 3.24. The number of thiocarbonyl (C=S) groups is 1.